The lowest BCUT2D eigenvalue weighted by Gasteiger charge is -2.15. The fraction of sp³-hybridized carbons (Fsp3) is 0.400. The Balaban J connectivity index is 2.28. The topological polar surface area (TPSA) is 56.5 Å². The molecule has 1 aromatic heterocycles. The van der Waals surface area contributed by atoms with Crippen LogP contribution in [0.1, 0.15) is 22.9 Å². The Kier molecular flexibility index (Phi) is 5.93. The third-order valence-corrected chi connectivity index (χ3v) is 3.79. The molecule has 0 spiro atoms. The van der Waals surface area contributed by atoms with Gasteiger partial charge in [-0.3, -0.25) is 4.68 Å². The molecule has 6 heteroatoms. The SMILES string of the molecule is COCCn1ncc(Br)c1C(O)c1cccc(COC)c1. The lowest BCUT2D eigenvalue weighted by molar-refractivity contribution is 0.170. The van der Waals surface area contributed by atoms with E-state index in [-0.39, 0.29) is 0 Å². The summed E-state index contributed by atoms with van der Waals surface area (Å²) in [5.74, 6) is 0. The summed E-state index contributed by atoms with van der Waals surface area (Å²) in [7, 11) is 3.29. The van der Waals surface area contributed by atoms with Crippen LogP contribution in [0.5, 0.6) is 0 Å². The minimum atomic E-state index is -0.754. The minimum absolute atomic E-state index is 0.519. The van der Waals surface area contributed by atoms with Crippen molar-refractivity contribution in [3.63, 3.8) is 0 Å². The molecule has 1 unspecified atom stereocenters. The van der Waals surface area contributed by atoms with Crippen molar-refractivity contribution in [2.24, 2.45) is 0 Å². The van der Waals surface area contributed by atoms with E-state index in [9.17, 15) is 5.11 Å². The molecule has 1 aromatic carbocycles. The van der Waals surface area contributed by atoms with Crippen LogP contribution in [-0.4, -0.2) is 35.7 Å². The molecular weight excluding hydrogens is 336 g/mol. The van der Waals surface area contributed by atoms with E-state index < -0.39 is 6.10 Å². The largest absolute Gasteiger partial charge is 0.383 e. The number of hydrogen-bond donors (Lipinski definition) is 1. The highest BCUT2D eigenvalue weighted by Crippen LogP contribution is 2.29. The van der Waals surface area contributed by atoms with Gasteiger partial charge in [0.25, 0.3) is 0 Å². The van der Waals surface area contributed by atoms with Crippen LogP contribution in [-0.2, 0) is 22.6 Å². The number of methoxy groups -OCH3 is 2. The molecule has 0 fully saturated rings. The standard InChI is InChI=1S/C15H19BrN2O3/c1-20-7-6-18-14(13(16)9-17-18)15(19)12-5-3-4-11(8-12)10-21-2/h3-5,8-9,15,19H,6-7,10H2,1-2H3. The molecule has 1 N–H and O–H groups in total. The first-order valence-electron chi connectivity index (χ1n) is 6.63. The highest BCUT2D eigenvalue weighted by atomic mass is 79.9. The number of halogens is 1. The van der Waals surface area contributed by atoms with Crippen molar-refractivity contribution in [1.29, 1.82) is 0 Å². The van der Waals surface area contributed by atoms with Crippen molar-refractivity contribution in [3.05, 3.63) is 51.8 Å². The Morgan fingerprint density at radius 2 is 2.14 bits per heavy atom. The average molecular weight is 355 g/mol. The van der Waals surface area contributed by atoms with Crippen LogP contribution in [0.15, 0.2) is 34.9 Å². The van der Waals surface area contributed by atoms with E-state index in [0.717, 1.165) is 21.3 Å². The second-order valence-corrected chi connectivity index (χ2v) is 5.53. The van der Waals surface area contributed by atoms with Gasteiger partial charge in [-0.2, -0.15) is 5.10 Å². The third-order valence-electron chi connectivity index (χ3n) is 3.18. The van der Waals surface area contributed by atoms with E-state index in [0.29, 0.717) is 19.8 Å². The molecule has 0 aliphatic carbocycles. The highest BCUT2D eigenvalue weighted by molar-refractivity contribution is 9.10. The summed E-state index contributed by atoms with van der Waals surface area (Å²) in [6.45, 7) is 1.65. The van der Waals surface area contributed by atoms with Gasteiger partial charge in [0, 0.05) is 14.2 Å². The van der Waals surface area contributed by atoms with E-state index in [1.807, 2.05) is 24.3 Å². The molecule has 0 amide bonds. The Bertz CT molecular complexity index is 586. The number of aliphatic hydroxyl groups is 1. The van der Waals surface area contributed by atoms with Crippen LogP contribution in [0.3, 0.4) is 0 Å². The minimum Gasteiger partial charge on any atom is -0.383 e. The van der Waals surface area contributed by atoms with Gasteiger partial charge in [0.15, 0.2) is 0 Å². The molecule has 0 saturated carbocycles. The van der Waals surface area contributed by atoms with Gasteiger partial charge < -0.3 is 14.6 Å². The lowest BCUT2D eigenvalue weighted by atomic mass is 10.0. The van der Waals surface area contributed by atoms with Crippen LogP contribution >= 0.6 is 15.9 Å². The smallest absolute Gasteiger partial charge is 0.122 e. The number of rotatable bonds is 7. The molecule has 0 saturated heterocycles. The van der Waals surface area contributed by atoms with Crippen LogP contribution in [0.4, 0.5) is 0 Å². The summed E-state index contributed by atoms with van der Waals surface area (Å²) in [6.07, 6.45) is 0.934. The highest BCUT2D eigenvalue weighted by Gasteiger charge is 2.19. The van der Waals surface area contributed by atoms with Gasteiger partial charge in [-0.05, 0) is 27.1 Å². The molecule has 0 bridgehead atoms. The number of aliphatic hydroxyl groups excluding tert-OH is 1. The van der Waals surface area contributed by atoms with Gasteiger partial charge in [0.05, 0.1) is 36.1 Å². The molecule has 1 atom stereocenters. The second kappa shape index (κ2) is 7.70. The van der Waals surface area contributed by atoms with Crippen molar-refractivity contribution in [2.75, 3.05) is 20.8 Å². The van der Waals surface area contributed by atoms with E-state index >= 15 is 0 Å². The van der Waals surface area contributed by atoms with E-state index in [2.05, 4.69) is 21.0 Å². The zero-order valence-electron chi connectivity index (χ0n) is 12.1. The summed E-state index contributed by atoms with van der Waals surface area (Å²) in [4.78, 5) is 0. The maximum absolute atomic E-state index is 10.7. The number of benzene rings is 1. The molecule has 114 valence electrons. The van der Waals surface area contributed by atoms with Gasteiger partial charge in [-0.1, -0.05) is 24.3 Å². The maximum atomic E-state index is 10.7. The predicted molar refractivity (Wildman–Crippen MR) is 83.0 cm³/mol. The molecule has 0 radical (unpaired) electrons. The third kappa shape index (κ3) is 3.91. The normalized spacial score (nSPS) is 12.6. The Morgan fingerprint density at radius 3 is 2.86 bits per heavy atom. The molecule has 0 aliphatic heterocycles. The van der Waals surface area contributed by atoms with Crippen molar-refractivity contribution in [3.8, 4) is 0 Å². The summed E-state index contributed by atoms with van der Waals surface area (Å²) in [5, 5.41) is 14.9. The zero-order valence-corrected chi connectivity index (χ0v) is 13.7. The van der Waals surface area contributed by atoms with Gasteiger partial charge in [-0.15, -0.1) is 0 Å². The van der Waals surface area contributed by atoms with Crippen LogP contribution in [0.25, 0.3) is 0 Å². The van der Waals surface area contributed by atoms with Crippen LogP contribution in [0, 0.1) is 0 Å². The second-order valence-electron chi connectivity index (χ2n) is 4.67. The molecule has 5 nitrogen and oxygen atoms in total. The molecule has 21 heavy (non-hydrogen) atoms. The van der Waals surface area contributed by atoms with Crippen molar-refractivity contribution >= 4 is 15.9 Å². The number of ether oxygens (including phenoxy) is 2. The van der Waals surface area contributed by atoms with E-state index in [1.165, 1.54) is 0 Å². The number of nitrogens with zero attached hydrogens (tertiary/aromatic N) is 2. The number of aromatic nitrogens is 2. The zero-order chi connectivity index (χ0) is 15.2. The fourth-order valence-electron chi connectivity index (χ4n) is 2.18. The monoisotopic (exact) mass is 354 g/mol. The summed E-state index contributed by atoms with van der Waals surface area (Å²) in [5.41, 5.74) is 2.55. The Hall–Kier alpha value is -1.21. The number of hydrogen-bond acceptors (Lipinski definition) is 4. The van der Waals surface area contributed by atoms with Gasteiger partial charge in [0.1, 0.15) is 6.10 Å². The van der Waals surface area contributed by atoms with Crippen LogP contribution < -0.4 is 0 Å². The maximum Gasteiger partial charge on any atom is 0.122 e. The van der Waals surface area contributed by atoms with Crippen molar-refractivity contribution in [1.82, 2.24) is 9.78 Å². The fourth-order valence-corrected chi connectivity index (χ4v) is 2.69. The van der Waals surface area contributed by atoms with Crippen molar-refractivity contribution < 1.29 is 14.6 Å². The predicted octanol–water partition coefficient (Wildman–Crippen LogP) is 2.52. The molecule has 2 rings (SSSR count). The van der Waals surface area contributed by atoms with E-state index in [4.69, 9.17) is 9.47 Å². The molecule has 1 heterocycles. The summed E-state index contributed by atoms with van der Waals surface area (Å²) in [6, 6.07) is 7.71. The van der Waals surface area contributed by atoms with Crippen molar-refractivity contribution in [2.45, 2.75) is 19.3 Å². The lowest BCUT2D eigenvalue weighted by Crippen LogP contribution is -2.13. The first kappa shape index (κ1) is 16.2. The first-order valence-corrected chi connectivity index (χ1v) is 7.42. The summed E-state index contributed by atoms with van der Waals surface area (Å²) < 4.78 is 12.7. The van der Waals surface area contributed by atoms with Gasteiger partial charge in [-0.25, -0.2) is 0 Å². The van der Waals surface area contributed by atoms with Gasteiger partial charge in [0.2, 0.25) is 0 Å². The Labute approximate surface area is 132 Å². The molecule has 2 aromatic rings. The molecular formula is C15H19BrN2O3. The summed E-state index contributed by atoms with van der Waals surface area (Å²) >= 11 is 3.45. The Morgan fingerprint density at radius 1 is 1.33 bits per heavy atom. The van der Waals surface area contributed by atoms with Crippen LogP contribution in [0.2, 0.25) is 0 Å². The van der Waals surface area contributed by atoms with E-state index in [1.54, 1.807) is 25.1 Å². The molecule has 0 aliphatic rings. The quantitative estimate of drug-likeness (QED) is 0.829. The first-order chi connectivity index (χ1) is 10.2. The average Bonchev–Trinajstić information content (AvgIpc) is 2.86. The van der Waals surface area contributed by atoms with Gasteiger partial charge >= 0.3 is 0 Å².